The van der Waals surface area contributed by atoms with E-state index >= 15 is 0 Å². The number of rotatable bonds is 3. The van der Waals surface area contributed by atoms with Crippen LogP contribution in [-0.4, -0.2) is 28.6 Å². The molecule has 1 aromatic rings. The summed E-state index contributed by atoms with van der Waals surface area (Å²) >= 11 is 0. The van der Waals surface area contributed by atoms with Gasteiger partial charge in [0.1, 0.15) is 0 Å². The highest BCUT2D eigenvalue weighted by Crippen LogP contribution is 2.36. The summed E-state index contributed by atoms with van der Waals surface area (Å²) in [6.07, 6.45) is 6.87. The number of fused-ring (bicyclic) bond motifs is 1. The van der Waals surface area contributed by atoms with Crippen molar-refractivity contribution in [3.8, 4) is 0 Å². The van der Waals surface area contributed by atoms with Crippen LogP contribution in [0.25, 0.3) is 0 Å². The number of nitrogens with zero attached hydrogens (tertiary/aromatic N) is 1. The Labute approximate surface area is 114 Å². The van der Waals surface area contributed by atoms with Gasteiger partial charge < -0.3 is 5.11 Å². The van der Waals surface area contributed by atoms with E-state index in [0.29, 0.717) is 5.56 Å². The average molecular weight is 259 g/mol. The second kappa shape index (κ2) is 5.33. The van der Waals surface area contributed by atoms with Crippen molar-refractivity contribution in [3.63, 3.8) is 0 Å². The summed E-state index contributed by atoms with van der Waals surface area (Å²) < 4.78 is 0. The van der Waals surface area contributed by atoms with Crippen molar-refractivity contribution >= 4 is 5.97 Å². The zero-order chi connectivity index (χ0) is 13.2. The third-order valence-electron chi connectivity index (χ3n) is 4.71. The number of carboxylic acid groups (broad SMARTS) is 1. The molecule has 2 aliphatic rings. The van der Waals surface area contributed by atoms with Crippen molar-refractivity contribution in [1.82, 2.24) is 4.90 Å². The first-order valence-corrected chi connectivity index (χ1v) is 7.30. The summed E-state index contributed by atoms with van der Waals surface area (Å²) in [4.78, 5) is 13.4. The smallest absolute Gasteiger partial charge is 0.335 e. The Morgan fingerprint density at radius 3 is 2.63 bits per heavy atom. The number of hydrogen-bond donors (Lipinski definition) is 1. The molecule has 1 N–H and O–H groups in total. The van der Waals surface area contributed by atoms with Crippen LogP contribution in [0.5, 0.6) is 0 Å². The largest absolute Gasteiger partial charge is 0.478 e. The molecule has 1 heterocycles. The predicted molar refractivity (Wildman–Crippen MR) is 74.2 cm³/mol. The van der Waals surface area contributed by atoms with E-state index in [4.69, 9.17) is 5.11 Å². The quantitative estimate of drug-likeness (QED) is 0.906. The lowest BCUT2D eigenvalue weighted by atomic mass is 9.85. The first-order valence-electron chi connectivity index (χ1n) is 7.30. The minimum Gasteiger partial charge on any atom is -0.478 e. The van der Waals surface area contributed by atoms with E-state index in [0.717, 1.165) is 18.5 Å². The molecule has 1 aliphatic heterocycles. The van der Waals surface area contributed by atoms with Gasteiger partial charge in [-0.15, -0.1) is 0 Å². The Bertz CT molecular complexity index is 454. The molecule has 3 rings (SSSR count). The highest BCUT2D eigenvalue weighted by molar-refractivity contribution is 5.87. The number of carboxylic acids is 1. The van der Waals surface area contributed by atoms with Crippen LogP contribution in [0.1, 0.15) is 48.0 Å². The van der Waals surface area contributed by atoms with Crippen molar-refractivity contribution < 1.29 is 9.90 Å². The molecule has 1 aromatic carbocycles. The molecule has 2 fully saturated rings. The molecule has 19 heavy (non-hydrogen) atoms. The van der Waals surface area contributed by atoms with E-state index in [1.54, 1.807) is 12.1 Å². The fourth-order valence-electron chi connectivity index (χ4n) is 3.69. The first-order chi connectivity index (χ1) is 9.24. The van der Waals surface area contributed by atoms with Crippen LogP contribution < -0.4 is 0 Å². The van der Waals surface area contributed by atoms with Gasteiger partial charge >= 0.3 is 5.97 Å². The van der Waals surface area contributed by atoms with Gasteiger partial charge in [0.25, 0.3) is 0 Å². The summed E-state index contributed by atoms with van der Waals surface area (Å²) in [7, 11) is 0. The molecule has 0 aromatic heterocycles. The molecule has 0 amide bonds. The summed E-state index contributed by atoms with van der Waals surface area (Å²) in [5.41, 5.74) is 1.61. The monoisotopic (exact) mass is 259 g/mol. The Morgan fingerprint density at radius 1 is 1.16 bits per heavy atom. The van der Waals surface area contributed by atoms with Crippen LogP contribution in [-0.2, 0) is 6.54 Å². The van der Waals surface area contributed by atoms with E-state index in [1.165, 1.54) is 44.2 Å². The molecule has 1 aliphatic carbocycles. The van der Waals surface area contributed by atoms with Crippen molar-refractivity contribution in [2.24, 2.45) is 5.92 Å². The molecule has 1 saturated carbocycles. The molecule has 0 radical (unpaired) electrons. The lowest BCUT2D eigenvalue weighted by Crippen LogP contribution is -2.34. The molecule has 2 atom stereocenters. The standard InChI is InChI=1S/C16H21NO2/c18-16(19)14-7-5-12(6-8-14)11-17-10-9-13-3-1-2-4-15(13)17/h5-8,13,15H,1-4,9-11H2,(H,18,19). The summed E-state index contributed by atoms with van der Waals surface area (Å²) in [5, 5.41) is 8.90. The molecule has 0 bridgehead atoms. The zero-order valence-electron chi connectivity index (χ0n) is 11.2. The molecular formula is C16H21NO2. The van der Waals surface area contributed by atoms with Crippen molar-refractivity contribution in [2.75, 3.05) is 6.54 Å². The summed E-state index contributed by atoms with van der Waals surface area (Å²) in [5.74, 6) is 0.0621. The second-order valence-corrected chi connectivity index (χ2v) is 5.87. The normalized spacial score (nSPS) is 27.2. The van der Waals surface area contributed by atoms with E-state index in [9.17, 15) is 4.79 Å². The van der Waals surface area contributed by atoms with Gasteiger partial charge in [0, 0.05) is 12.6 Å². The third kappa shape index (κ3) is 2.66. The molecular weight excluding hydrogens is 238 g/mol. The number of hydrogen-bond acceptors (Lipinski definition) is 2. The highest BCUT2D eigenvalue weighted by Gasteiger charge is 2.35. The van der Waals surface area contributed by atoms with Gasteiger partial charge in [-0.3, -0.25) is 4.90 Å². The molecule has 102 valence electrons. The molecule has 3 nitrogen and oxygen atoms in total. The van der Waals surface area contributed by atoms with E-state index in [2.05, 4.69) is 4.90 Å². The van der Waals surface area contributed by atoms with Crippen molar-refractivity contribution in [1.29, 1.82) is 0 Å². The van der Waals surface area contributed by atoms with Crippen LogP contribution >= 0.6 is 0 Å². The summed E-state index contributed by atoms with van der Waals surface area (Å²) in [6.45, 7) is 2.18. The van der Waals surface area contributed by atoms with Gasteiger partial charge in [-0.25, -0.2) is 4.79 Å². The van der Waals surface area contributed by atoms with E-state index < -0.39 is 5.97 Å². The zero-order valence-corrected chi connectivity index (χ0v) is 11.2. The van der Waals surface area contributed by atoms with Gasteiger partial charge in [0.05, 0.1) is 5.56 Å². The van der Waals surface area contributed by atoms with Crippen LogP contribution in [0.15, 0.2) is 24.3 Å². The Balaban J connectivity index is 1.66. The Kier molecular flexibility index (Phi) is 3.56. The van der Waals surface area contributed by atoms with Gasteiger partial charge in [0.15, 0.2) is 0 Å². The van der Waals surface area contributed by atoms with E-state index in [1.807, 2.05) is 12.1 Å². The predicted octanol–water partition coefficient (Wildman–Crippen LogP) is 3.15. The molecule has 2 unspecified atom stereocenters. The SMILES string of the molecule is O=C(O)c1ccc(CN2CCC3CCCCC32)cc1. The number of benzene rings is 1. The lowest BCUT2D eigenvalue weighted by Gasteiger charge is -2.31. The van der Waals surface area contributed by atoms with Crippen molar-refractivity contribution in [3.05, 3.63) is 35.4 Å². The maximum Gasteiger partial charge on any atom is 0.335 e. The fourth-order valence-corrected chi connectivity index (χ4v) is 3.69. The summed E-state index contributed by atoms with van der Waals surface area (Å²) in [6, 6.07) is 8.12. The van der Waals surface area contributed by atoms with Crippen LogP contribution in [0, 0.1) is 5.92 Å². The van der Waals surface area contributed by atoms with Gasteiger partial charge in [-0.05, 0) is 49.4 Å². The van der Waals surface area contributed by atoms with E-state index in [-0.39, 0.29) is 0 Å². The molecule has 3 heteroatoms. The second-order valence-electron chi connectivity index (χ2n) is 5.87. The third-order valence-corrected chi connectivity index (χ3v) is 4.71. The fraction of sp³-hybridized carbons (Fsp3) is 0.562. The van der Waals surface area contributed by atoms with Gasteiger partial charge in [-0.1, -0.05) is 25.0 Å². The maximum atomic E-state index is 10.8. The Hall–Kier alpha value is -1.35. The Morgan fingerprint density at radius 2 is 1.89 bits per heavy atom. The minimum atomic E-state index is -0.847. The molecule has 0 spiro atoms. The van der Waals surface area contributed by atoms with Crippen LogP contribution in [0.4, 0.5) is 0 Å². The average Bonchev–Trinajstić information content (AvgIpc) is 2.83. The maximum absolute atomic E-state index is 10.8. The topological polar surface area (TPSA) is 40.5 Å². The van der Waals surface area contributed by atoms with Gasteiger partial charge in [-0.2, -0.15) is 0 Å². The number of carbonyl (C=O) groups is 1. The highest BCUT2D eigenvalue weighted by atomic mass is 16.4. The number of likely N-dealkylation sites (tertiary alicyclic amines) is 1. The number of aromatic carboxylic acids is 1. The van der Waals surface area contributed by atoms with Gasteiger partial charge in [0.2, 0.25) is 0 Å². The van der Waals surface area contributed by atoms with Crippen molar-refractivity contribution in [2.45, 2.75) is 44.7 Å². The van der Waals surface area contributed by atoms with Crippen LogP contribution in [0.3, 0.4) is 0 Å². The lowest BCUT2D eigenvalue weighted by molar-refractivity contribution is 0.0697. The minimum absolute atomic E-state index is 0.376. The van der Waals surface area contributed by atoms with Crippen LogP contribution in [0.2, 0.25) is 0 Å². The first kappa shape index (κ1) is 12.7. The molecule has 1 saturated heterocycles.